The summed E-state index contributed by atoms with van der Waals surface area (Å²) in [6.45, 7) is 0.0567. The molecular weight excluding hydrogens is 304 g/mol. The van der Waals surface area contributed by atoms with Crippen LogP contribution in [0.5, 0.6) is 5.75 Å². The molecule has 2 saturated heterocycles. The first kappa shape index (κ1) is 15.0. The lowest BCUT2D eigenvalue weighted by molar-refractivity contribution is 0.183. The Kier molecular flexibility index (Phi) is 4.63. The maximum Gasteiger partial charge on any atom is 0.174 e. The van der Waals surface area contributed by atoms with E-state index in [0.29, 0.717) is 11.0 Å². The van der Waals surface area contributed by atoms with E-state index in [1.165, 1.54) is 25.7 Å². The topological polar surface area (TPSA) is 36.3 Å². The number of piperidine rings is 1. The third kappa shape index (κ3) is 3.31. The Morgan fingerprint density at radius 1 is 1.38 bits per heavy atom. The van der Waals surface area contributed by atoms with E-state index in [-0.39, 0.29) is 6.61 Å². The Bertz CT molecular complexity index is 546. The largest absolute Gasteiger partial charge is 0.479 e. The van der Waals surface area contributed by atoms with Crippen LogP contribution in [-0.2, 0) is 0 Å². The molecule has 0 spiro atoms. The van der Waals surface area contributed by atoms with Crippen LogP contribution in [0.25, 0.3) is 0 Å². The van der Waals surface area contributed by atoms with E-state index in [4.69, 9.17) is 21.6 Å². The fraction of sp³-hybridized carbons (Fsp3) is 0.562. The predicted octanol–water partition coefficient (Wildman–Crippen LogP) is 3.96. The first-order chi connectivity index (χ1) is 10.2. The first-order valence-electron chi connectivity index (χ1n) is 7.35. The number of ether oxygens (including phenoxy) is 1. The molecule has 2 bridgehead atoms. The standard InChI is InChI=1S/C16H19ClN2OS/c1-19-11-2-3-12(19)9-14(8-11)21-16-5-4-13(10-15(16)17)20-7-6-18/h4-5,10-12,14H,2-3,7-9H2,1H3/t11-,12?,14?/m0/s1. The van der Waals surface area contributed by atoms with Crippen molar-refractivity contribution in [2.45, 2.75) is 47.9 Å². The van der Waals surface area contributed by atoms with Crippen molar-refractivity contribution in [2.24, 2.45) is 0 Å². The molecule has 5 heteroatoms. The Balaban J connectivity index is 1.64. The summed E-state index contributed by atoms with van der Waals surface area (Å²) in [6, 6.07) is 9.18. The van der Waals surface area contributed by atoms with Crippen LogP contribution in [-0.4, -0.2) is 35.9 Å². The number of nitrogens with zero attached hydrogens (tertiary/aromatic N) is 2. The van der Waals surface area contributed by atoms with Gasteiger partial charge in [0, 0.05) is 22.2 Å². The molecule has 2 fully saturated rings. The molecule has 0 amide bonds. The molecule has 112 valence electrons. The molecule has 0 radical (unpaired) electrons. The molecule has 0 aliphatic carbocycles. The van der Waals surface area contributed by atoms with Crippen LogP contribution in [0.3, 0.4) is 0 Å². The monoisotopic (exact) mass is 322 g/mol. The fourth-order valence-corrected chi connectivity index (χ4v) is 5.04. The minimum absolute atomic E-state index is 0.0567. The van der Waals surface area contributed by atoms with E-state index < -0.39 is 0 Å². The smallest absolute Gasteiger partial charge is 0.174 e. The number of thioether (sulfide) groups is 1. The number of hydrogen-bond acceptors (Lipinski definition) is 4. The van der Waals surface area contributed by atoms with Crippen LogP contribution in [0.2, 0.25) is 5.02 Å². The predicted molar refractivity (Wildman–Crippen MR) is 86.0 cm³/mol. The van der Waals surface area contributed by atoms with Crippen molar-refractivity contribution in [1.82, 2.24) is 4.90 Å². The number of hydrogen-bond donors (Lipinski definition) is 0. The molecule has 0 saturated carbocycles. The van der Waals surface area contributed by atoms with Crippen LogP contribution in [0.15, 0.2) is 23.1 Å². The highest BCUT2D eigenvalue weighted by atomic mass is 35.5. The highest BCUT2D eigenvalue weighted by molar-refractivity contribution is 8.00. The molecule has 2 unspecified atom stereocenters. The third-order valence-electron chi connectivity index (χ3n) is 4.56. The van der Waals surface area contributed by atoms with Gasteiger partial charge < -0.3 is 9.64 Å². The summed E-state index contributed by atoms with van der Waals surface area (Å²) in [5, 5.41) is 9.91. The van der Waals surface area contributed by atoms with Crippen LogP contribution >= 0.6 is 23.4 Å². The lowest BCUT2D eigenvalue weighted by atomic mass is 10.0. The zero-order valence-electron chi connectivity index (χ0n) is 12.1. The molecule has 21 heavy (non-hydrogen) atoms. The van der Waals surface area contributed by atoms with Crippen molar-refractivity contribution in [3.63, 3.8) is 0 Å². The molecule has 3 nitrogen and oxygen atoms in total. The van der Waals surface area contributed by atoms with Crippen LogP contribution in [0, 0.1) is 11.3 Å². The number of nitriles is 1. The van der Waals surface area contributed by atoms with Crippen molar-refractivity contribution in [3.8, 4) is 11.8 Å². The van der Waals surface area contributed by atoms with Crippen molar-refractivity contribution in [3.05, 3.63) is 23.2 Å². The molecule has 3 atom stereocenters. The van der Waals surface area contributed by atoms with Crippen molar-refractivity contribution in [2.75, 3.05) is 13.7 Å². The van der Waals surface area contributed by atoms with Gasteiger partial charge in [-0.25, -0.2) is 0 Å². The molecule has 1 aromatic rings. The van der Waals surface area contributed by atoms with E-state index in [1.54, 1.807) is 0 Å². The average molecular weight is 323 g/mol. The summed E-state index contributed by atoms with van der Waals surface area (Å²) < 4.78 is 5.28. The summed E-state index contributed by atoms with van der Waals surface area (Å²) in [4.78, 5) is 3.67. The molecule has 2 heterocycles. The molecule has 0 N–H and O–H groups in total. The van der Waals surface area contributed by atoms with Gasteiger partial charge in [-0.3, -0.25) is 0 Å². The van der Waals surface area contributed by atoms with Crippen molar-refractivity contribution < 1.29 is 4.74 Å². The van der Waals surface area contributed by atoms with E-state index in [2.05, 4.69) is 11.9 Å². The van der Waals surface area contributed by atoms with Gasteiger partial charge in [-0.1, -0.05) is 11.6 Å². The van der Waals surface area contributed by atoms with Gasteiger partial charge in [0.1, 0.15) is 11.8 Å². The average Bonchev–Trinajstić information content (AvgIpc) is 2.70. The molecular formula is C16H19ClN2OS. The van der Waals surface area contributed by atoms with E-state index in [1.807, 2.05) is 36.0 Å². The maximum absolute atomic E-state index is 8.53. The fourth-order valence-electron chi connectivity index (χ4n) is 3.42. The quantitative estimate of drug-likeness (QED) is 0.840. The highest BCUT2D eigenvalue weighted by Gasteiger charge is 2.38. The summed E-state index contributed by atoms with van der Waals surface area (Å²) in [6.07, 6.45) is 5.18. The Hall–Kier alpha value is -0.890. The molecule has 0 aromatic heterocycles. The van der Waals surface area contributed by atoms with Gasteiger partial charge in [0.25, 0.3) is 0 Å². The molecule has 1 aromatic carbocycles. The van der Waals surface area contributed by atoms with Gasteiger partial charge in [0.05, 0.1) is 5.02 Å². The van der Waals surface area contributed by atoms with Crippen molar-refractivity contribution in [1.29, 1.82) is 5.26 Å². The lowest BCUT2D eigenvalue weighted by Gasteiger charge is -2.36. The van der Waals surface area contributed by atoms with Gasteiger partial charge in [0.2, 0.25) is 0 Å². The molecule has 2 aliphatic heterocycles. The van der Waals surface area contributed by atoms with E-state index >= 15 is 0 Å². The van der Waals surface area contributed by atoms with Gasteiger partial charge >= 0.3 is 0 Å². The normalized spacial score (nSPS) is 28.3. The first-order valence-corrected chi connectivity index (χ1v) is 8.61. The summed E-state index contributed by atoms with van der Waals surface area (Å²) in [5.74, 6) is 0.661. The van der Waals surface area contributed by atoms with Crippen LogP contribution < -0.4 is 4.74 Å². The van der Waals surface area contributed by atoms with Crippen LogP contribution in [0.1, 0.15) is 25.7 Å². The van der Waals surface area contributed by atoms with Gasteiger partial charge in [-0.2, -0.15) is 5.26 Å². The minimum Gasteiger partial charge on any atom is -0.479 e. The Morgan fingerprint density at radius 2 is 2.10 bits per heavy atom. The second kappa shape index (κ2) is 6.48. The number of fused-ring (bicyclic) bond motifs is 2. The van der Waals surface area contributed by atoms with E-state index in [9.17, 15) is 0 Å². The number of rotatable bonds is 4. The number of halogens is 1. The lowest BCUT2D eigenvalue weighted by Crippen LogP contribution is -2.40. The SMILES string of the molecule is CN1C2CC[C@H]1CC(Sc1ccc(OCC#N)cc1Cl)C2. The van der Waals surface area contributed by atoms with Gasteiger partial charge in [-0.15, -0.1) is 11.8 Å². The summed E-state index contributed by atoms with van der Waals surface area (Å²) >= 11 is 8.24. The second-order valence-electron chi connectivity index (χ2n) is 5.80. The molecule has 2 aliphatic rings. The summed E-state index contributed by atoms with van der Waals surface area (Å²) in [7, 11) is 2.26. The molecule has 3 rings (SSSR count). The summed E-state index contributed by atoms with van der Waals surface area (Å²) in [5.41, 5.74) is 0. The Labute approximate surface area is 135 Å². The van der Waals surface area contributed by atoms with Crippen LogP contribution in [0.4, 0.5) is 0 Å². The zero-order chi connectivity index (χ0) is 14.8. The minimum atomic E-state index is 0.0567. The van der Waals surface area contributed by atoms with Gasteiger partial charge in [0.15, 0.2) is 6.61 Å². The third-order valence-corrected chi connectivity index (χ3v) is 6.31. The number of benzene rings is 1. The highest BCUT2D eigenvalue weighted by Crippen LogP contribution is 2.43. The maximum atomic E-state index is 8.53. The zero-order valence-corrected chi connectivity index (χ0v) is 13.7. The second-order valence-corrected chi connectivity index (χ2v) is 7.55. The van der Waals surface area contributed by atoms with Crippen molar-refractivity contribution >= 4 is 23.4 Å². The Morgan fingerprint density at radius 3 is 2.71 bits per heavy atom. The van der Waals surface area contributed by atoms with E-state index in [0.717, 1.165) is 22.0 Å². The van der Waals surface area contributed by atoms with Gasteiger partial charge in [-0.05, 0) is 50.9 Å².